The standard InChI is InChI=1S/C10H20INO2/c1-8(2)5-4-6-12-7-9(11)10(13)14-3/h8-9,12H,4-7H2,1-3H3. The first-order valence-electron chi connectivity index (χ1n) is 5.00. The molecular weight excluding hydrogens is 293 g/mol. The van der Waals surface area contributed by atoms with Gasteiger partial charge in [0.05, 0.1) is 7.11 Å². The molecule has 0 saturated carbocycles. The third-order valence-corrected chi connectivity index (χ3v) is 2.86. The molecule has 3 nitrogen and oxygen atoms in total. The monoisotopic (exact) mass is 313 g/mol. The highest BCUT2D eigenvalue weighted by Gasteiger charge is 2.13. The Kier molecular flexibility index (Phi) is 8.56. The fraction of sp³-hybridized carbons (Fsp3) is 0.900. The van der Waals surface area contributed by atoms with Crippen LogP contribution in [-0.2, 0) is 9.53 Å². The number of hydrogen-bond acceptors (Lipinski definition) is 3. The minimum absolute atomic E-state index is 0.0725. The Morgan fingerprint density at radius 2 is 2.14 bits per heavy atom. The Labute approximate surface area is 100 Å². The minimum atomic E-state index is -0.151. The van der Waals surface area contributed by atoms with Crippen LogP contribution in [0.2, 0.25) is 0 Å². The van der Waals surface area contributed by atoms with E-state index in [0.717, 1.165) is 12.5 Å². The van der Waals surface area contributed by atoms with Crippen molar-refractivity contribution in [3.8, 4) is 0 Å². The van der Waals surface area contributed by atoms with Crippen LogP contribution in [0.1, 0.15) is 26.7 Å². The number of carbonyl (C=O) groups excluding carboxylic acids is 1. The molecule has 0 aliphatic rings. The van der Waals surface area contributed by atoms with Crippen molar-refractivity contribution >= 4 is 28.6 Å². The van der Waals surface area contributed by atoms with Crippen molar-refractivity contribution in [1.82, 2.24) is 5.32 Å². The van der Waals surface area contributed by atoms with E-state index in [9.17, 15) is 4.79 Å². The summed E-state index contributed by atoms with van der Waals surface area (Å²) in [6.45, 7) is 6.12. The minimum Gasteiger partial charge on any atom is -0.468 e. The molecule has 0 spiro atoms. The lowest BCUT2D eigenvalue weighted by Crippen LogP contribution is -2.30. The van der Waals surface area contributed by atoms with E-state index in [4.69, 9.17) is 0 Å². The maximum atomic E-state index is 11.0. The zero-order valence-electron chi connectivity index (χ0n) is 9.18. The Hall–Kier alpha value is 0.160. The molecule has 0 saturated heterocycles. The maximum Gasteiger partial charge on any atom is 0.319 e. The van der Waals surface area contributed by atoms with Crippen molar-refractivity contribution in [3.63, 3.8) is 0 Å². The van der Waals surface area contributed by atoms with Crippen LogP contribution < -0.4 is 5.32 Å². The quantitative estimate of drug-likeness (QED) is 0.338. The fourth-order valence-electron chi connectivity index (χ4n) is 1.08. The van der Waals surface area contributed by atoms with Gasteiger partial charge in [0.2, 0.25) is 0 Å². The summed E-state index contributed by atoms with van der Waals surface area (Å²) in [6.07, 6.45) is 2.40. The molecule has 1 unspecified atom stereocenters. The van der Waals surface area contributed by atoms with E-state index in [2.05, 4.69) is 46.5 Å². The van der Waals surface area contributed by atoms with Crippen LogP contribution in [0.4, 0.5) is 0 Å². The van der Waals surface area contributed by atoms with Crippen molar-refractivity contribution in [2.45, 2.75) is 30.6 Å². The van der Waals surface area contributed by atoms with E-state index in [0.29, 0.717) is 6.54 Å². The number of carbonyl (C=O) groups is 1. The lowest BCUT2D eigenvalue weighted by molar-refractivity contribution is -0.139. The molecule has 4 heteroatoms. The van der Waals surface area contributed by atoms with Gasteiger partial charge in [-0.05, 0) is 25.3 Å². The highest BCUT2D eigenvalue weighted by atomic mass is 127. The van der Waals surface area contributed by atoms with Gasteiger partial charge in [0.15, 0.2) is 0 Å². The molecule has 0 aliphatic carbocycles. The first-order chi connectivity index (χ1) is 6.57. The molecular formula is C10H20INO2. The van der Waals surface area contributed by atoms with Gasteiger partial charge in [-0.2, -0.15) is 0 Å². The van der Waals surface area contributed by atoms with Crippen LogP contribution in [0, 0.1) is 5.92 Å². The molecule has 0 aromatic carbocycles. The Morgan fingerprint density at radius 3 is 2.64 bits per heavy atom. The second-order valence-corrected chi connectivity index (χ2v) is 5.23. The fourth-order valence-corrected chi connectivity index (χ4v) is 1.64. The summed E-state index contributed by atoms with van der Waals surface area (Å²) in [5, 5.41) is 3.25. The third kappa shape index (κ3) is 7.55. The first kappa shape index (κ1) is 14.2. The molecule has 0 radical (unpaired) electrons. The molecule has 1 N–H and O–H groups in total. The second kappa shape index (κ2) is 8.47. The highest BCUT2D eigenvalue weighted by molar-refractivity contribution is 14.1. The molecule has 0 fully saturated rings. The predicted octanol–water partition coefficient (Wildman–Crippen LogP) is 1.99. The number of esters is 1. The Morgan fingerprint density at radius 1 is 1.50 bits per heavy atom. The van der Waals surface area contributed by atoms with Crippen LogP contribution in [0.15, 0.2) is 0 Å². The van der Waals surface area contributed by atoms with Crippen LogP contribution >= 0.6 is 22.6 Å². The van der Waals surface area contributed by atoms with Gasteiger partial charge in [-0.25, -0.2) is 0 Å². The highest BCUT2D eigenvalue weighted by Crippen LogP contribution is 2.03. The van der Waals surface area contributed by atoms with Gasteiger partial charge in [-0.15, -0.1) is 0 Å². The number of halogens is 1. The van der Waals surface area contributed by atoms with Crippen LogP contribution in [-0.4, -0.2) is 30.1 Å². The van der Waals surface area contributed by atoms with Crippen LogP contribution in [0.25, 0.3) is 0 Å². The van der Waals surface area contributed by atoms with Gasteiger partial charge in [-0.1, -0.05) is 36.4 Å². The number of rotatable bonds is 7. The predicted molar refractivity (Wildman–Crippen MR) is 66.8 cm³/mol. The lowest BCUT2D eigenvalue weighted by Gasteiger charge is -2.09. The lowest BCUT2D eigenvalue weighted by atomic mass is 10.1. The van der Waals surface area contributed by atoms with Crippen molar-refractivity contribution in [3.05, 3.63) is 0 Å². The number of alkyl halides is 1. The van der Waals surface area contributed by atoms with Gasteiger partial charge in [0.1, 0.15) is 3.92 Å². The van der Waals surface area contributed by atoms with Gasteiger partial charge in [0.25, 0.3) is 0 Å². The molecule has 0 heterocycles. The van der Waals surface area contributed by atoms with Crippen molar-refractivity contribution in [2.75, 3.05) is 20.2 Å². The summed E-state index contributed by atoms with van der Waals surface area (Å²) in [4.78, 5) is 11.0. The van der Waals surface area contributed by atoms with Crippen molar-refractivity contribution in [1.29, 1.82) is 0 Å². The summed E-state index contributed by atoms with van der Waals surface area (Å²) in [5.74, 6) is 0.606. The van der Waals surface area contributed by atoms with E-state index in [-0.39, 0.29) is 9.89 Å². The summed E-state index contributed by atoms with van der Waals surface area (Å²) in [5.41, 5.74) is 0. The van der Waals surface area contributed by atoms with Crippen LogP contribution in [0.5, 0.6) is 0 Å². The zero-order chi connectivity index (χ0) is 11.0. The molecule has 14 heavy (non-hydrogen) atoms. The summed E-state index contributed by atoms with van der Waals surface area (Å²) >= 11 is 2.10. The van der Waals surface area contributed by atoms with Crippen LogP contribution in [0.3, 0.4) is 0 Å². The normalized spacial score (nSPS) is 12.9. The smallest absolute Gasteiger partial charge is 0.319 e. The number of ether oxygens (including phenoxy) is 1. The summed E-state index contributed by atoms with van der Waals surface area (Å²) in [6, 6.07) is 0. The van der Waals surface area contributed by atoms with Crippen molar-refractivity contribution < 1.29 is 9.53 Å². The maximum absolute atomic E-state index is 11.0. The van der Waals surface area contributed by atoms with E-state index in [1.165, 1.54) is 20.0 Å². The SMILES string of the molecule is COC(=O)C(I)CNCCCC(C)C. The van der Waals surface area contributed by atoms with E-state index < -0.39 is 0 Å². The Balaban J connectivity index is 3.31. The molecule has 0 bridgehead atoms. The van der Waals surface area contributed by atoms with E-state index in [1.807, 2.05) is 0 Å². The van der Waals surface area contributed by atoms with Crippen molar-refractivity contribution in [2.24, 2.45) is 5.92 Å². The number of hydrogen-bond donors (Lipinski definition) is 1. The molecule has 0 amide bonds. The second-order valence-electron chi connectivity index (χ2n) is 3.73. The molecule has 0 aromatic heterocycles. The number of nitrogens with one attached hydrogen (secondary N) is 1. The largest absolute Gasteiger partial charge is 0.468 e. The average molecular weight is 313 g/mol. The number of methoxy groups -OCH3 is 1. The molecule has 0 rings (SSSR count). The third-order valence-electron chi connectivity index (χ3n) is 1.92. The Bertz CT molecular complexity index is 162. The molecule has 0 aliphatic heterocycles. The average Bonchev–Trinajstić information content (AvgIpc) is 2.15. The van der Waals surface area contributed by atoms with Gasteiger partial charge in [-0.3, -0.25) is 4.79 Å². The summed E-state index contributed by atoms with van der Waals surface area (Å²) < 4.78 is 4.55. The summed E-state index contributed by atoms with van der Waals surface area (Å²) in [7, 11) is 1.42. The van der Waals surface area contributed by atoms with Gasteiger partial charge >= 0.3 is 5.97 Å². The van der Waals surface area contributed by atoms with Gasteiger partial charge < -0.3 is 10.1 Å². The topological polar surface area (TPSA) is 38.3 Å². The first-order valence-corrected chi connectivity index (χ1v) is 6.25. The zero-order valence-corrected chi connectivity index (χ0v) is 11.3. The molecule has 1 atom stereocenters. The molecule has 0 aromatic rings. The van der Waals surface area contributed by atoms with E-state index >= 15 is 0 Å². The van der Waals surface area contributed by atoms with E-state index in [1.54, 1.807) is 0 Å². The molecule has 84 valence electrons. The van der Waals surface area contributed by atoms with Gasteiger partial charge in [0, 0.05) is 6.54 Å².